The minimum atomic E-state index is 0.0779. The van der Waals surface area contributed by atoms with Gasteiger partial charge in [0.1, 0.15) is 5.75 Å². The lowest BCUT2D eigenvalue weighted by atomic mass is 9.85. The van der Waals surface area contributed by atoms with Crippen LogP contribution in [0.2, 0.25) is 0 Å². The number of rotatable bonds is 7. The number of nitrogens with two attached hydrogens (primary N) is 1. The van der Waals surface area contributed by atoms with Gasteiger partial charge in [-0.25, -0.2) is 0 Å². The monoisotopic (exact) mass is 263 g/mol. The molecule has 0 bridgehead atoms. The van der Waals surface area contributed by atoms with Crippen molar-refractivity contribution in [1.82, 2.24) is 0 Å². The SMILES string of the molecule is CCCC(CCC)C(N)c1ccc(C)c(C)c1OC. The van der Waals surface area contributed by atoms with Gasteiger partial charge in [0.25, 0.3) is 0 Å². The minimum Gasteiger partial charge on any atom is -0.496 e. The standard InChI is InChI=1S/C17H29NO/c1-6-8-14(9-7-2)16(18)15-11-10-12(3)13(4)17(15)19-5/h10-11,14,16H,6-9,18H2,1-5H3. The summed E-state index contributed by atoms with van der Waals surface area (Å²) in [5.41, 5.74) is 10.2. The molecular formula is C17H29NO. The topological polar surface area (TPSA) is 35.2 Å². The summed E-state index contributed by atoms with van der Waals surface area (Å²) in [5, 5.41) is 0. The third-order valence-corrected chi connectivity index (χ3v) is 4.10. The van der Waals surface area contributed by atoms with E-state index in [1.165, 1.54) is 36.8 Å². The second-order valence-electron chi connectivity index (χ2n) is 5.49. The summed E-state index contributed by atoms with van der Waals surface area (Å²) in [5.74, 6) is 1.52. The van der Waals surface area contributed by atoms with Gasteiger partial charge < -0.3 is 10.5 Å². The maximum atomic E-state index is 6.53. The smallest absolute Gasteiger partial charge is 0.126 e. The Labute approximate surface area is 118 Å². The molecule has 1 aromatic rings. The van der Waals surface area contributed by atoms with Crippen LogP contribution in [0.15, 0.2) is 12.1 Å². The normalized spacial score (nSPS) is 12.8. The Morgan fingerprint density at radius 2 is 1.68 bits per heavy atom. The molecule has 0 aromatic heterocycles. The van der Waals surface area contributed by atoms with Crippen LogP contribution in [-0.4, -0.2) is 7.11 Å². The van der Waals surface area contributed by atoms with Crippen LogP contribution in [0.3, 0.4) is 0 Å². The minimum absolute atomic E-state index is 0.0779. The van der Waals surface area contributed by atoms with Gasteiger partial charge in [0, 0.05) is 11.6 Å². The lowest BCUT2D eigenvalue weighted by Gasteiger charge is -2.26. The molecule has 0 fully saturated rings. The van der Waals surface area contributed by atoms with Gasteiger partial charge in [0.05, 0.1) is 7.11 Å². The average molecular weight is 263 g/mol. The molecule has 0 aliphatic heterocycles. The van der Waals surface area contributed by atoms with Crippen LogP contribution < -0.4 is 10.5 Å². The summed E-state index contributed by atoms with van der Waals surface area (Å²) in [6.45, 7) is 8.68. The van der Waals surface area contributed by atoms with E-state index in [2.05, 4.69) is 39.8 Å². The number of hydrogen-bond donors (Lipinski definition) is 1. The Bertz CT molecular complexity index is 394. The Hall–Kier alpha value is -1.02. The maximum absolute atomic E-state index is 6.53. The molecule has 2 nitrogen and oxygen atoms in total. The van der Waals surface area contributed by atoms with Crippen molar-refractivity contribution in [3.8, 4) is 5.75 Å². The van der Waals surface area contributed by atoms with Gasteiger partial charge in [-0.1, -0.05) is 38.8 Å². The molecule has 0 saturated heterocycles. The number of ether oxygens (including phenoxy) is 1. The van der Waals surface area contributed by atoms with Gasteiger partial charge >= 0.3 is 0 Å². The second kappa shape index (κ2) is 7.54. The summed E-state index contributed by atoms with van der Waals surface area (Å²) in [7, 11) is 1.74. The number of hydrogen-bond acceptors (Lipinski definition) is 2. The Balaban J connectivity index is 3.09. The molecule has 1 unspecified atom stereocenters. The third-order valence-electron chi connectivity index (χ3n) is 4.10. The Morgan fingerprint density at radius 3 is 2.16 bits per heavy atom. The lowest BCUT2D eigenvalue weighted by molar-refractivity contribution is 0.349. The van der Waals surface area contributed by atoms with Crippen molar-refractivity contribution in [3.05, 3.63) is 28.8 Å². The van der Waals surface area contributed by atoms with E-state index in [9.17, 15) is 0 Å². The van der Waals surface area contributed by atoms with Crippen LogP contribution in [0.1, 0.15) is 62.3 Å². The number of aryl methyl sites for hydroxylation is 1. The molecule has 1 atom stereocenters. The van der Waals surface area contributed by atoms with Crippen molar-refractivity contribution in [3.63, 3.8) is 0 Å². The fourth-order valence-corrected chi connectivity index (χ4v) is 2.84. The van der Waals surface area contributed by atoms with Crippen molar-refractivity contribution in [1.29, 1.82) is 0 Å². The molecule has 0 aliphatic carbocycles. The molecule has 108 valence electrons. The van der Waals surface area contributed by atoms with Gasteiger partial charge in [-0.3, -0.25) is 0 Å². The predicted octanol–water partition coefficient (Wildman–Crippen LogP) is 4.53. The van der Waals surface area contributed by atoms with E-state index in [0.29, 0.717) is 5.92 Å². The van der Waals surface area contributed by atoms with Crippen LogP contribution in [0.5, 0.6) is 5.75 Å². The first-order valence-corrected chi connectivity index (χ1v) is 7.46. The molecule has 2 N–H and O–H groups in total. The second-order valence-corrected chi connectivity index (χ2v) is 5.49. The highest BCUT2D eigenvalue weighted by Gasteiger charge is 2.22. The predicted molar refractivity (Wildman–Crippen MR) is 82.7 cm³/mol. The summed E-state index contributed by atoms with van der Waals surface area (Å²) >= 11 is 0. The Morgan fingerprint density at radius 1 is 1.11 bits per heavy atom. The summed E-state index contributed by atoms with van der Waals surface area (Å²) in [4.78, 5) is 0. The molecule has 1 aromatic carbocycles. The lowest BCUT2D eigenvalue weighted by Crippen LogP contribution is -2.22. The largest absolute Gasteiger partial charge is 0.496 e. The van der Waals surface area contributed by atoms with E-state index < -0.39 is 0 Å². The number of methoxy groups -OCH3 is 1. The summed E-state index contributed by atoms with van der Waals surface area (Å²) in [6.07, 6.45) is 4.74. The highest BCUT2D eigenvalue weighted by molar-refractivity contribution is 5.46. The molecule has 0 saturated carbocycles. The third kappa shape index (κ3) is 3.73. The maximum Gasteiger partial charge on any atom is 0.126 e. The molecule has 2 heteroatoms. The zero-order valence-corrected chi connectivity index (χ0v) is 13.1. The van der Waals surface area contributed by atoms with Crippen molar-refractivity contribution < 1.29 is 4.74 Å². The van der Waals surface area contributed by atoms with Crippen molar-refractivity contribution in [2.24, 2.45) is 11.7 Å². The van der Waals surface area contributed by atoms with Crippen LogP contribution in [0, 0.1) is 19.8 Å². The molecular weight excluding hydrogens is 234 g/mol. The first-order valence-electron chi connectivity index (χ1n) is 7.46. The highest BCUT2D eigenvalue weighted by Crippen LogP contribution is 2.36. The van der Waals surface area contributed by atoms with Gasteiger partial charge in [-0.05, 0) is 43.7 Å². The van der Waals surface area contributed by atoms with Crippen LogP contribution in [0.4, 0.5) is 0 Å². The van der Waals surface area contributed by atoms with Gasteiger partial charge in [-0.2, -0.15) is 0 Å². The zero-order valence-electron chi connectivity index (χ0n) is 13.1. The van der Waals surface area contributed by atoms with Crippen molar-refractivity contribution in [2.45, 2.75) is 59.4 Å². The molecule has 1 rings (SSSR count). The van der Waals surface area contributed by atoms with E-state index >= 15 is 0 Å². The quantitative estimate of drug-likeness (QED) is 0.784. The van der Waals surface area contributed by atoms with E-state index in [1.807, 2.05) is 0 Å². The van der Waals surface area contributed by atoms with E-state index in [-0.39, 0.29) is 6.04 Å². The van der Waals surface area contributed by atoms with E-state index in [0.717, 1.165) is 11.3 Å². The zero-order chi connectivity index (χ0) is 14.4. The fraction of sp³-hybridized carbons (Fsp3) is 0.647. The van der Waals surface area contributed by atoms with Gasteiger partial charge in [0.2, 0.25) is 0 Å². The summed E-state index contributed by atoms with van der Waals surface area (Å²) in [6, 6.07) is 4.38. The van der Waals surface area contributed by atoms with Crippen LogP contribution in [-0.2, 0) is 0 Å². The highest BCUT2D eigenvalue weighted by atomic mass is 16.5. The number of benzene rings is 1. The van der Waals surface area contributed by atoms with Gasteiger partial charge in [0.15, 0.2) is 0 Å². The molecule has 0 amide bonds. The van der Waals surface area contributed by atoms with Crippen molar-refractivity contribution >= 4 is 0 Å². The van der Waals surface area contributed by atoms with Crippen LogP contribution in [0.25, 0.3) is 0 Å². The molecule has 0 aliphatic rings. The van der Waals surface area contributed by atoms with Crippen molar-refractivity contribution in [2.75, 3.05) is 7.11 Å². The molecule has 0 heterocycles. The van der Waals surface area contributed by atoms with E-state index in [4.69, 9.17) is 10.5 Å². The summed E-state index contributed by atoms with van der Waals surface area (Å²) < 4.78 is 5.60. The first kappa shape index (κ1) is 16.0. The van der Waals surface area contributed by atoms with E-state index in [1.54, 1.807) is 7.11 Å². The Kier molecular flexibility index (Phi) is 6.36. The molecule has 0 radical (unpaired) electrons. The molecule has 0 spiro atoms. The van der Waals surface area contributed by atoms with Crippen LogP contribution >= 0.6 is 0 Å². The average Bonchev–Trinajstić information content (AvgIpc) is 2.40. The fourth-order valence-electron chi connectivity index (χ4n) is 2.84. The molecule has 19 heavy (non-hydrogen) atoms. The first-order chi connectivity index (χ1) is 9.06. The van der Waals surface area contributed by atoms with Gasteiger partial charge in [-0.15, -0.1) is 0 Å².